The Balaban J connectivity index is 1.42. The summed E-state index contributed by atoms with van der Waals surface area (Å²) in [7, 11) is 0. The molecule has 0 atom stereocenters. The van der Waals surface area contributed by atoms with E-state index in [1.807, 2.05) is 60.7 Å². The predicted molar refractivity (Wildman–Crippen MR) is 90.6 cm³/mol. The van der Waals surface area contributed by atoms with Gasteiger partial charge in [0, 0.05) is 18.5 Å². The van der Waals surface area contributed by atoms with E-state index < -0.39 is 0 Å². The molecule has 0 unspecified atom stereocenters. The van der Waals surface area contributed by atoms with Crippen molar-refractivity contribution in [1.29, 1.82) is 0 Å². The van der Waals surface area contributed by atoms with E-state index in [0.29, 0.717) is 24.6 Å². The van der Waals surface area contributed by atoms with Crippen molar-refractivity contribution >= 4 is 5.91 Å². The van der Waals surface area contributed by atoms with Crippen molar-refractivity contribution < 1.29 is 13.9 Å². The molecule has 0 bridgehead atoms. The smallest absolute Gasteiger partial charge is 0.257 e. The third-order valence-electron chi connectivity index (χ3n) is 3.39. The van der Waals surface area contributed by atoms with E-state index in [-0.39, 0.29) is 12.5 Å². The van der Waals surface area contributed by atoms with Crippen LogP contribution in [0.5, 0.6) is 5.75 Å². The summed E-state index contributed by atoms with van der Waals surface area (Å²) >= 11 is 0. The molecule has 0 aliphatic heterocycles. The average molecular weight is 322 g/mol. The topological polar surface area (TPSA) is 64.4 Å². The standard InChI is InChI=1S/C19H18N2O3/c22-18(14-23-17-9-5-2-6-10-17)20-12-11-16-13-24-19(21-16)15-7-3-1-4-8-15/h1-10,13H,11-12,14H2,(H,20,22). The van der Waals surface area contributed by atoms with Gasteiger partial charge in [-0.05, 0) is 24.3 Å². The maximum absolute atomic E-state index is 11.8. The van der Waals surface area contributed by atoms with Crippen LogP contribution in [0, 0.1) is 0 Å². The van der Waals surface area contributed by atoms with E-state index in [1.165, 1.54) is 0 Å². The first-order chi connectivity index (χ1) is 11.8. The Morgan fingerprint density at radius 1 is 1.04 bits per heavy atom. The molecule has 5 heteroatoms. The Kier molecular flexibility index (Phi) is 5.24. The highest BCUT2D eigenvalue weighted by molar-refractivity contribution is 5.77. The predicted octanol–water partition coefficient (Wildman–Crippen LogP) is 3.08. The minimum atomic E-state index is -0.161. The second-order valence-electron chi connectivity index (χ2n) is 5.21. The van der Waals surface area contributed by atoms with Crippen LogP contribution in [0.3, 0.4) is 0 Å². The van der Waals surface area contributed by atoms with Crippen LogP contribution in [-0.2, 0) is 11.2 Å². The minimum absolute atomic E-state index is 0.00189. The summed E-state index contributed by atoms with van der Waals surface area (Å²) in [5.41, 5.74) is 1.74. The monoisotopic (exact) mass is 322 g/mol. The van der Waals surface area contributed by atoms with Crippen LogP contribution >= 0.6 is 0 Å². The third kappa shape index (κ3) is 4.46. The molecule has 1 amide bonds. The number of oxazole rings is 1. The molecule has 0 radical (unpaired) electrons. The third-order valence-corrected chi connectivity index (χ3v) is 3.39. The molecule has 1 heterocycles. The number of rotatable bonds is 7. The van der Waals surface area contributed by atoms with Gasteiger partial charge in [0.15, 0.2) is 6.61 Å². The number of ether oxygens (including phenoxy) is 1. The van der Waals surface area contributed by atoms with Crippen LogP contribution in [-0.4, -0.2) is 24.0 Å². The number of aromatic nitrogens is 1. The zero-order chi connectivity index (χ0) is 16.6. The van der Waals surface area contributed by atoms with Gasteiger partial charge >= 0.3 is 0 Å². The first-order valence-electron chi connectivity index (χ1n) is 7.75. The maximum Gasteiger partial charge on any atom is 0.257 e. The molecule has 3 rings (SSSR count). The largest absolute Gasteiger partial charge is 0.484 e. The van der Waals surface area contributed by atoms with Gasteiger partial charge in [-0.25, -0.2) is 4.98 Å². The van der Waals surface area contributed by atoms with Gasteiger partial charge in [0.2, 0.25) is 5.89 Å². The van der Waals surface area contributed by atoms with Crippen LogP contribution in [0.2, 0.25) is 0 Å². The van der Waals surface area contributed by atoms with Crippen molar-refractivity contribution in [3.63, 3.8) is 0 Å². The molecule has 3 aromatic rings. The second-order valence-corrected chi connectivity index (χ2v) is 5.21. The summed E-state index contributed by atoms with van der Waals surface area (Å²) in [6.45, 7) is 0.482. The van der Waals surface area contributed by atoms with E-state index in [2.05, 4.69) is 10.3 Å². The molecule has 0 spiro atoms. The summed E-state index contributed by atoms with van der Waals surface area (Å²) in [6.07, 6.45) is 2.22. The molecule has 1 N–H and O–H groups in total. The molecule has 0 aliphatic carbocycles. The number of carbonyl (C=O) groups is 1. The summed E-state index contributed by atoms with van der Waals surface area (Å²) < 4.78 is 10.9. The number of hydrogen-bond acceptors (Lipinski definition) is 4. The summed E-state index contributed by atoms with van der Waals surface area (Å²) in [4.78, 5) is 16.2. The molecule has 0 aliphatic rings. The van der Waals surface area contributed by atoms with Gasteiger partial charge < -0.3 is 14.5 Å². The number of para-hydroxylation sites is 1. The van der Waals surface area contributed by atoms with Crippen molar-refractivity contribution in [3.05, 3.63) is 72.6 Å². The van der Waals surface area contributed by atoms with Crippen molar-refractivity contribution in [2.75, 3.05) is 13.2 Å². The number of nitrogens with zero attached hydrogens (tertiary/aromatic N) is 1. The average Bonchev–Trinajstić information content (AvgIpc) is 3.11. The van der Waals surface area contributed by atoms with Crippen molar-refractivity contribution in [2.45, 2.75) is 6.42 Å². The van der Waals surface area contributed by atoms with Gasteiger partial charge in [-0.1, -0.05) is 36.4 Å². The highest BCUT2D eigenvalue weighted by atomic mass is 16.5. The van der Waals surface area contributed by atoms with Gasteiger partial charge in [0.05, 0.1) is 5.69 Å². The number of benzene rings is 2. The number of hydrogen-bond donors (Lipinski definition) is 1. The minimum Gasteiger partial charge on any atom is -0.484 e. The Labute approximate surface area is 140 Å². The first kappa shape index (κ1) is 15.8. The quantitative estimate of drug-likeness (QED) is 0.726. The van der Waals surface area contributed by atoms with Gasteiger partial charge in [0.25, 0.3) is 5.91 Å². The Morgan fingerprint density at radius 3 is 2.50 bits per heavy atom. The van der Waals surface area contributed by atoms with Gasteiger partial charge in [-0.3, -0.25) is 4.79 Å². The van der Waals surface area contributed by atoms with E-state index in [1.54, 1.807) is 6.26 Å². The lowest BCUT2D eigenvalue weighted by molar-refractivity contribution is -0.123. The molecule has 0 saturated carbocycles. The number of amides is 1. The second kappa shape index (κ2) is 7.97. The van der Waals surface area contributed by atoms with E-state index in [0.717, 1.165) is 11.3 Å². The molecule has 122 valence electrons. The zero-order valence-electron chi connectivity index (χ0n) is 13.1. The van der Waals surface area contributed by atoms with E-state index in [4.69, 9.17) is 9.15 Å². The van der Waals surface area contributed by atoms with Crippen molar-refractivity contribution in [2.24, 2.45) is 0 Å². The highest BCUT2D eigenvalue weighted by Gasteiger charge is 2.07. The molecule has 5 nitrogen and oxygen atoms in total. The van der Waals surface area contributed by atoms with Crippen LogP contribution in [0.1, 0.15) is 5.69 Å². The van der Waals surface area contributed by atoms with E-state index >= 15 is 0 Å². The van der Waals surface area contributed by atoms with Gasteiger partial charge in [-0.2, -0.15) is 0 Å². The molecular weight excluding hydrogens is 304 g/mol. The lowest BCUT2D eigenvalue weighted by Crippen LogP contribution is -2.30. The lowest BCUT2D eigenvalue weighted by atomic mass is 10.2. The molecule has 24 heavy (non-hydrogen) atoms. The lowest BCUT2D eigenvalue weighted by Gasteiger charge is -2.06. The number of carbonyl (C=O) groups excluding carboxylic acids is 1. The summed E-state index contributed by atoms with van der Waals surface area (Å²) in [6, 6.07) is 19.0. The fourth-order valence-corrected chi connectivity index (χ4v) is 2.18. The summed E-state index contributed by atoms with van der Waals surface area (Å²) in [5.74, 6) is 1.10. The fourth-order valence-electron chi connectivity index (χ4n) is 2.18. The van der Waals surface area contributed by atoms with Crippen molar-refractivity contribution in [1.82, 2.24) is 10.3 Å². The van der Waals surface area contributed by atoms with E-state index in [9.17, 15) is 4.79 Å². The molecule has 0 saturated heterocycles. The molecule has 1 aromatic heterocycles. The fraction of sp³-hybridized carbons (Fsp3) is 0.158. The summed E-state index contributed by atoms with van der Waals surface area (Å²) in [5, 5.41) is 2.80. The van der Waals surface area contributed by atoms with Crippen molar-refractivity contribution in [3.8, 4) is 17.2 Å². The van der Waals surface area contributed by atoms with Gasteiger partial charge in [0.1, 0.15) is 12.0 Å². The highest BCUT2D eigenvalue weighted by Crippen LogP contribution is 2.17. The Morgan fingerprint density at radius 2 is 1.75 bits per heavy atom. The Bertz CT molecular complexity index is 770. The maximum atomic E-state index is 11.8. The molecular formula is C19H18N2O3. The van der Waals surface area contributed by atoms with Crippen LogP contribution in [0.4, 0.5) is 0 Å². The molecule has 2 aromatic carbocycles. The van der Waals surface area contributed by atoms with Crippen LogP contribution in [0.25, 0.3) is 11.5 Å². The number of nitrogens with one attached hydrogen (secondary N) is 1. The zero-order valence-corrected chi connectivity index (χ0v) is 13.1. The first-order valence-corrected chi connectivity index (χ1v) is 7.75. The Hall–Kier alpha value is -3.08. The van der Waals surface area contributed by atoms with Crippen LogP contribution < -0.4 is 10.1 Å². The van der Waals surface area contributed by atoms with Crippen LogP contribution in [0.15, 0.2) is 71.3 Å². The SMILES string of the molecule is O=C(COc1ccccc1)NCCc1coc(-c2ccccc2)n1. The normalized spacial score (nSPS) is 10.3. The van der Waals surface area contributed by atoms with Gasteiger partial charge in [-0.15, -0.1) is 0 Å². The molecule has 0 fully saturated rings.